The Bertz CT molecular complexity index is 888. The normalized spacial score (nSPS) is 15.1. The van der Waals surface area contributed by atoms with E-state index in [-0.39, 0.29) is 5.91 Å². The van der Waals surface area contributed by atoms with Crippen LogP contribution in [0.3, 0.4) is 0 Å². The first kappa shape index (κ1) is 17.7. The predicted molar refractivity (Wildman–Crippen MR) is 99.3 cm³/mol. The van der Waals surface area contributed by atoms with Crippen LogP contribution in [0.4, 0.5) is 5.69 Å². The van der Waals surface area contributed by atoms with Crippen LogP contribution in [-0.4, -0.2) is 53.0 Å². The molecule has 0 fully saturated rings. The van der Waals surface area contributed by atoms with Gasteiger partial charge in [-0.2, -0.15) is 0 Å². The number of nitrogens with zero attached hydrogens (tertiary/aromatic N) is 2. The van der Waals surface area contributed by atoms with E-state index < -0.39 is 10.0 Å². The third-order valence-corrected chi connectivity index (χ3v) is 6.18. The number of carbonyl (C=O) groups excluding carboxylic acids is 1. The van der Waals surface area contributed by atoms with Gasteiger partial charge >= 0.3 is 0 Å². The lowest BCUT2D eigenvalue weighted by Gasteiger charge is -2.18. The molecule has 134 valence electrons. The van der Waals surface area contributed by atoms with E-state index in [1.165, 1.54) is 4.31 Å². The highest BCUT2D eigenvalue weighted by atomic mass is 32.2. The van der Waals surface area contributed by atoms with Gasteiger partial charge in [0.15, 0.2) is 0 Å². The zero-order valence-electron chi connectivity index (χ0n) is 14.5. The second-order valence-electron chi connectivity index (χ2n) is 6.47. The summed E-state index contributed by atoms with van der Waals surface area (Å²) in [6.07, 6.45) is 0.795. The van der Waals surface area contributed by atoms with Gasteiger partial charge in [0, 0.05) is 31.4 Å². The predicted octanol–water partition coefficient (Wildman–Crippen LogP) is 1.81. The van der Waals surface area contributed by atoms with Crippen molar-refractivity contribution < 1.29 is 13.2 Å². The number of likely N-dealkylation sites (N-methyl/N-ethyl adjacent to an activating group) is 1. The number of hydrogen-bond acceptors (Lipinski definition) is 4. The Morgan fingerprint density at radius 1 is 1.16 bits per heavy atom. The van der Waals surface area contributed by atoms with E-state index in [1.807, 2.05) is 43.3 Å². The van der Waals surface area contributed by atoms with Crippen molar-refractivity contribution in [3.63, 3.8) is 0 Å². The Morgan fingerprint density at radius 3 is 2.60 bits per heavy atom. The van der Waals surface area contributed by atoms with Crippen LogP contribution in [0.15, 0.2) is 41.3 Å². The molecule has 7 heteroatoms. The van der Waals surface area contributed by atoms with Gasteiger partial charge in [0.05, 0.1) is 10.6 Å². The first-order valence-electron chi connectivity index (χ1n) is 8.37. The molecule has 0 saturated carbocycles. The van der Waals surface area contributed by atoms with Crippen molar-refractivity contribution in [2.75, 3.05) is 38.0 Å². The molecule has 2 aromatic carbocycles. The number of amides is 1. The van der Waals surface area contributed by atoms with E-state index >= 15 is 0 Å². The number of sulfonamides is 1. The van der Waals surface area contributed by atoms with Crippen LogP contribution < -0.4 is 9.62 Å². The summed E-state index contributed by atoms with van der Waals surface area (Å²) in [5, 5.41) is 4.55. The van der Waals surface area contributed by atoms with E-state index in [9.17, 15) is 13.2 Å². The summed E-state index contributed by atoms with van der Waals surface area (Å²) in [7, 11) is 0.365. The number of nitrogens with one attached hydrogen (secondary N) is 1. The molecule has 0 bridgehead atoms. The fourth-order valence-corrected chi connectivity index (χ4v) is 4.84. The van der Waals surface area contributed by atoms with Gasteiger partial charge in [-0.1, -0.05) is 24.3 Å². The molecule has 1 aliphatic rings. The zero-order chi connectivity index (χ0) is 18.0. The fraction of sp³-hybridized carbons (Fsp3) is 0.389. The van der Waals surface area contributed by atoms with E-state index in [0.717, 1.165) is 17.3 Å². The maximum absolute atomic E-state index is 12.8. The molecule has 0 saturated heterocycles. The zero-order valence-corrected chi connectivity index (χ0v) is 15.3. The molecule has 1 N–H and O–H groups in total. The third kappa shape index (κ3) is 3.48. The van der Waals surface area contributed by atoms with Gasteiger partial charge in [0.25, 0.3) is 10.0 Å². The first-order valence-corrected chi connectivity index (χ1v) is 9.81. The Labute approximate surface area is 148 Å². The summed E-state index contributed by atoms with van der Waals surface area (Å²) in [6.45, 7) is 1.68. The molecular formula is C18H23N3O3S. The van der Waals surface area contributed by atoms with Crippen molar-refractivity contribution in [1.29, 1.82) is 0 Å². The summed E-state index contributed by atoms with van der Waals surface area (Å²) < 4.78 is 27.0. The van der Waals surface area contributed by atoms with Gasteiger partial charge in [0.2, 0.25) is 5.91 Å². The van der Waals surface area contributed by atoms with Gasteiger partial charge < -0.3 is 10.2 Å². The van der Waals surface area contributed by atoms with Gasteiger partial charge in [-0.3, -0.25) is 9.10 Å². The van der Waals surface area contributed by atoms with Crippen molar-refractivity contribution in [3.05, 3.63) is 36.4 Å². The highest BCUT2D eigenvalue weighted by Crippen LogP contribution is 2.41. The Morgan fingerprint density at radius 2 is 1.88 bits per heavy atom. The molecule has 1 aliphatic heterocycles. The number of carbonyl (C=O) groups is 1. The first-order chi connectivity index (χ1) is 11.9. The van der Waals surface area contributed by atoms with E-state index in [1.54, 1.807) is 12.1 Å². The molecule has 0 aromatic heterocycles. The SMILES string of the molecule is CN(C)CCNC(=O)CCCN1c2cccc3cccc(c23)S1(=O)=O. The highest BCUT2D eigenvalue weighted by Gasteiger charge is 2.34. The Balaban J connectivity index is 1.66. The second-order valence-corrected chi connectivity index (χ2v) is 8.30. The van der Waals surface area contributed by atoms with Crippen molar-refractivity contribution >= 4 is 32.4 Å². The Kier molecular flexibility index (Phi) is 4.96. The maximum Gasteiger partial charge on any atom is 0.265 e. The number of hydrogen-bond donors (Lipinski definition) is 1. The van der Waals surface area contributed by atoms with Gasteiger partial charge in [0.1, 0.15) is 0 Å². The van der Waals surface area contributed by atoms with Crippen LogP contribution in [0, 0.1) is 0 Å². The lowest BCUT2D eigenvalue weighted by atomic mass is 10.1. The smallest absolute Gasteiger partial charge is 0.265 e. The fourth-order valence-electron chi connectivity index (χ4n) is 3.09. The van der Waals surface area contributed by atoms with Crippen molar-refractivity contribution in [2.45, 2.75) is 17.7 Å². The average molecular weight is 361 g/mol. The van der Waals surface area contributed by atoms with Crippen LogP contribution >= 0.6 is 0 Å². The van der Waals surface area contributed by atoms with E-state index in [4.69, 9.17) is 0 Å². The topological polar surface area (TPSA) is 69.7 Å². The van der Waals surface area contributed by atoms with Crippen molar-refractivity contribution in [1.82, 2.24) is 10.2 Å². The lowest BCUT2D eigenvalue weighted by Crippen LogP contribution is -2.32. The summed E-state index contributed by atoms with van der Waals surface area (Å²) in [6, 6.07) is 10.9. The monoisotopic (exact) mass is 361 g/mol. The number of benzene rings is 2. The summed E-state index contributed by atoms with van der Waals surface area (Å²) in [5.41, 5.74) is 0.709. The third-order valence-electron chi connectivity index (χ3n) is 4.33. The van der Waals surface area contributed by atoms with Crippen molar-refractivity contribution in [3.8, 4) is 0 Å². The molecule has 0 atom stereocenters. The van der Waals surface area contributed by atoms with E-state index in [2.05, 4.69) is 5.32 Å². The van der Waals surface area contributed by atoms with E-state index in [0.29, 0.717) is 36.5 Å². The van der Waals surface area contributed by atoms with Gasteiger partial charge in [-0.25, -0.2) is 8.42 Å². The number of rotatable bonds is 7. The maximum atomic E-state index is 12.8. The van der Waals surface area contributed by atoms with Crippen LogP contribution in [0.1, 0.15) is 12.8 Å². The molecule has 0 unspecified atom stereocenters. The molecule has 0 aliphatic carbocycles. The van der Waals surface area contributed by atoms with Crippen LogP contribution in [-0.2, 0) is 14.8 Å². The largest absolute Gasteiger partial charge is 0.355 e. The lowest BCUT2D eigenvalue weighted by molar-refractivity contribution is -0.121. The number of anilines is 1. The molecule has 0 spiro atoms. The van der Waals surface area contributed by atoms with Gasteiger partial charge in [-0.05, 0) is 38.0 Å². The average Bonchev–Trinajstić information content (AvgIpc) is 2.78. The van der Waals surface area contributed by atoms with Crippen LogP contribution in [0.5, 0.6) is 0 Å². The molecule has 1 heterocycles. The molecule has 3 rings (SSSR count). The molecular weight excluding hydrogens is 338 g/mol. The molecule has 6 nitrogen and oxygen atoms in total. The summed E-state index contributed by atoms with van der Waals surface area (Å²) >= 11 is 0. The molecule has 1 amide bonds. The van der Waals surface area contributed by atoms with Crippen LogP contribution in [0.25, 0.3) is 10.8 Å². The van der Waals surface area contributed by atoms with Crippen molar-refractivity contribution in [2.24, 2.45) is 0 Å². The van der Waals surface area contributed by atoms with Crippen LogP contribution in [0.2, 0.25) is 0 Å². The summed E-state index contributed by atoms with van der Waals surface area (Å²) in [4.78, 5) is 14.2. The molecule has 25 heavy (non-hydrogen) atoms. The molecule has 0 radical (unpaired) electrons. The second kappa shape index (κ2) is 7.01. The summed E-state index contributed by atoms with van der Waals surface area (Å²) in [5.74, 6) is -0.0471. The minimum Gasteiger partial charge on any atom is -0.355 e. The Hall–Kier alpha value is -2.12. The molecule has 2 aromatic rings. The minimum absolute atomic E-state index is 0.0471. The van der Waals surface area contributed by atoms with Gasteiger partial charge in [-0.15, -0.1) is 0 Å². The minimum atomic E-state index is -3.53. The highest BCUT2D eigenvalue weighted by molar-refractivity contribution is 7.93. The standard InChI is InChI=1S/C18H23N3O3S/c1-20(2)13-11-19-17(22)10-5-12-21-15-8-3-6-14-7-4-9-16(18(14)15)25(21,23)24/h3-4,6-9H,5,10-13H2,1-2H3,(H,19,22). The quantitative estimate of drug-likeness (QED) is 0.817.